The smallest absolute Gasteiger partial charge is 0.242 e. The number of benzene rings is 2. The molecule has 1 aliphatic rings. The van der Waals surface area contributed by atoms with E-state index in [0.29, 0.717) is 12.1 Å². The first-order valence-electron chi connectivity index (χ1n) is 7.35. The number of fused-ring (bicyclic) bond motifs is 1. The third-order valence-electron chi connectivity index (χ3n) is 3.92. The molecule has 0 fully saturated rings. The molecular weight excluding hydrogens is 274 g/mol. The second-order valence-corrected chi connectivity index (χ2v) is 5.38. The van der Waals surface area contributed by atoms with E-state index in [1.807, 2.05) is 29.2 Å². The average Bonchev–Trinajstić information content (AvgIpc) is 2.59. The first kappa shape index (κ1) is 14.2. The van der Waals surface area contributed by atoms with E-state index in [-0.39, 0.29) is 12.5 Å². The Hall–Kier alpha value is -2.80. The van der Waals surface area contributed by atoms with Gasteiger partial charge in [-0.25, -0.2) is 0 Å². The third-order valence-corrected chi connectivity index (χ3v) is 3.92. The monoisotopic (exact) mass is 291 g/mol. The lowest BCUT2D eigenvalue weighted by molar-refractivity contribution is -0.130. The van der Waals surface area contributed by atoms with Crippen LogP contribution in [-0.2, 0) is 17.8 Å². The van der Waals surface area contributed by atoms with Crippen molar-refractivity contribution in [3.63, 3.8) is 0 Å². The fourth-order valence-electron chi connectivity index (χ4n) is 2.70. The summed E-state index contributed by atoms with van der Waals surface area (Å²) in [6.45, 7) is 1.68. The molecule has 0 unspecified atom stereocenters. The van der Waals surface area contributed by atoms with Crippen LogP contribution in [-0.4, -0.2) is 23.9 Å². The van der Waals surface area contributed by atoms with Crippen LogP contribution in [0.15, 0.2) is 48.5 Å². The van der Waals surface area contributed by atoms with Gasteiger partial charge in [0, 0.05) is 18.8 Å². The van der Waals surface area contributed by atoms with Gasteiger partial charge in [-0.3, -0.25) is 4.79 Å². The molecule has 110 valence electrons. The maximum atomic E-state index is 12.3. The summed E-state index contributed by atoms with van der Waals surface area (Å²) in [5.41, 5.74) is 3.95. The first-order chi connectivity index (χ1) is 10.8. The van der Waals surface area contributed by atoms with E-state index >= 15 is 0 Å². The summed E-state index contributed by atoms with van der Waals surface area (Å²) in [7, 11) is 0. The number of carbonyl (C=O) groups is 1. The maximum absolute atomic E-state index is 12.3. The number of amides is 1. The summed E-state index contributed by atoms with van der Waals surface area (Å²) in [5, 5.41) is 12.0. The van der Waals surface area contributed by atoms with Crippen LogP contribution >= 0.6 is 0 Å². The zero-order chi connectivity index (χ0) is 15.4. The Bertz CT molecular complexity index is 733. The van der Waals surface area contributed by atoms with Crippen LogP contribution in [0.25, 0.3) is 0 Å². The lowest BCUT2D eigenvalue weighted by atomic mass is 10.00. The summed E-state index contributed by atoms with van der Waals surface area (Å²) in [6, 6.07) is 17.5. The van der Waals surface area contributed by atoms with Gasteiger partial charge < -0.3 is 10.2 Å². The molecule has 0 atom stereocenters. The van der Waals surface area contributed by atoms with Gasteiger partial charge in [0.15, 0.2) is 0 Å². The minimum Gasteiger partial charge on any atom is -0.376 e. The Balaban J connectivity index is 1.60. The van der Waals surface area contributed by atoms with E-state index in [4.69, 9.17) is 5.26 Å². The molecule has 2 aromatic rings. The standard InChI is InChI=1S/C18H17N3O/c19-11-14-4-3-7-17(10-14)20-12-18(22)21-9-8-15-5-1-2-6-16(15)13-21/h1-7,10,20H,8-9,12-13H2. The van der Waals surface area contributed by atoms with E-state index in [9.17, 15) is 4.79 Å². The number of nitrogens with zero attached hydrogens (tertiary/aromatic N) is 2. The predicted molar refractivity (Wildman–Crippen MR) is 85.2 cm³/mol. The number of carbonyl (C=O) groups excluding carboxylic acids is 1. The topological polar surface area (TPSA) is 56.1 Å². The molecule has 1 N–H and O–H groups in total. The number of hydrogen-bond donors (Lipinski definition) is 1. The van der Waals surface area contributed by atoms with Gasteiger partial charge in [-0.2, -0.15) is 5.26 Å². The van der Waals surface area contributed by atoms with Crippen molar-refractivity contribution >= 4 is 11.6 Å². The largest absolute Gasteiger partial charge is 0.376 e. The fraction of sp³-hybridized carbons (Fsp3) is 0.222. The van der Waals surface area contributed by atoms with E-state index < -0.39 is 0 Å². The Morgan fingerprint density at radius 2 is 2.00 bits per heavy atom. The van der Waals surface area contributed by atoms with Crippen LogP contribution in [0.4, 0.5) is 5.69 Å². The minimum absolute atomic E-state index is 0.0804. The van der Waals surface area contributed by atoms with Gasteiger partial charge in [0.25, 0.3) is 0 Å². The summed E-state index contributed by atoms with van der Waals surface area (Å²) in [5.74, 6) is 0.0804. The highest BCUT2D eigenvalue weighted by molar-refractivity contribution is 5.81. The molecular formula is C18H17N3O. The van der Waals surface area contributed by atoms with Gasteiger partial charge in [-0.05, 0) is 35.7 Å². The molecule has 1 amide bonds. The number of nitriles is 1. The first-order valence-corrected chi connectivity index (χ1v) is 7.35. The second-order valence-electron chi connectivity index (χ2n) is 5.38. The number of hydrogen-bond acceptors (Lipinski definition) is 3. The van der Waals surface area contributed by atoms with Gasteiger partial charge in [0.05, 0.1) is 18.2 Å². The van der Waals surface area contributed by atoms with E-state index in [1.54, 1.807) is 12.1 Å². The molecule has 0 bridgehead atoms. The van der Waals surface area contributed by atoms with Crippen molar-refractivity contribution in [3.8, 4) is 6.07 Å². The van der Waals surface area contributed by atoms with Crippen LogP contribution in [0.1, 0.15) is 16.7 Å². The molecule has 1 heterocycles. The van der Waals surface area contributed by atoms with Crippen LogP contribution in [0, 0.1) is 11.3 Å². The summed E-state index contributed by atoms with van der Waals surface area (Å²) >= 11 is 0. The molecule has 0 aromatic heterocycles. The van der Waals surface area contributed by atoms with Crippen LogP contribution in [0.2, 0.25) is 0 Å². The van der Waals surface area contributed by atoms with Gasteiger partial charge in [-0.1, -0.05) is 30.3 Å². The number of anilines is 1. The average molecular weight is 291 g/mol. The Labute approximate surface area is 130 Å². The van der Waals surface area contributed by atoms with Crippen LogP contribution in [0.5, 0.6) is 0 Å². The highest BCUT2D eigenvalue weighted by Crippen LogP contribution is 2.18. The molecule has 3 rings (SSSR count). The van der Waals surface area contributed by atoms with Crippen molar-refractivity contribution in [2.45, 2.75) is 13.0 Å². The molecule has 0 saturated carbocycles. The van der Waals surface area contributed by atoms with Gasteiger partial charge >= 0.3 is 0 Å². The zero-order valence-corrected chi connectivity index (χ0v) is 12.2. The normalized spacial score (nSPS) is 13.1. The zero-order valence-electron chi connectivity index (χ0n) is 12.2. The number of nitrogens with one attached hydrogen (secondary N) is 1. The molecule has 0 radical (unpaired) electrons. The van der Waals surface area contributed by atoms with E-state index in [2.05, 4.69) is 23.5 Å². The molecule has 0 spiro atoms. The van der Waals surface area contributed by atoms with Crippen LogP contribution in [0.3, 0.4) is 0 Å². The second kappa shape index (κ2) is 6.31. The molecule has 4 heteroatoms. The SMILES string of the molecule is N#Cc1cccc(NCC(=O)N2CCc3ccccc3C2)c1. The molecule has 0 saturated heterocycles. The van der Waals surface area contributed by atoms with Crippen LogP contribution < -0.4 is 5.32 Å². The molecule has 0 aliphatic carbocycles. The Morgan fingerprint density at radius 3 is 2.82 bits per heavy atom. The summed E-state index contributed by atoms with van der Waals surface area (Å²) in [6.07, 6.45) is 0.909. The summed E-state index contributed by atoms with van der Waals surface area (Å²) < 4.78 is 0. The van der Waals surface area contributed by atoms with Crippen molar-refractivity contribution in [2.75, 3.05) is 18.4 Å². The number of rotatable bonds is 3. The Morgan fingerprint density at radius 1 is 1.18 bits per heavy atom. The lowest BCUT2D eigenvalue weighted by Gasteiger charge is -2.29. The highest BCUT2D eigenvalue weighted by Gasteiger charge is 2.19. The highest BCUT2D eigenvalue weighted by atomic mass is 16.2. The maximum Gasteiger partial charge on any atom is 0.242 e. The van der Waals surface area contributed by atoms with Gasteiger partial charge in [-0.15, -0.1) is 0 Å². The fourth-order valence-corrected chi connectivity index (χ4v) is 2.70. The van der Waals surface area contributed by atoms with Gasteiger partial charge in [0.2, 0.25) is 5.91 Å². The van der Waals surface area contributed by atoms with Crippen molar-refractivity contribution in [1.29, 1.82) is 5.26 Å². The van der Waals surface area contributed by atoms with Crippen molar-refractivity contribution in [2.24, 2.45) is 0 Å². The van der Waals surface area contributed by atoms with E-state index in [1.165, 1.54) is 11.1 Å². The molecule has 22 heavy (non-hydrogen) atoms. The van der Waals surface area contributed by atoms with E-state index in [0.717, 1.165) is 18.7 Å². The molecule has 4 nitrogen and oxygen atoms in total. The quantitative estimate of drug-likeness (QED) is 0.945. The minimum atomic E-state index is 0.0804. The third kappa shape index (κ3) is 3.09. The van der Waals surface area contributed by atoms with Crippen molar-refractivity contribution < 1.29 is 4.79 Å². The predicted octanol–water partition coefficient (Wildman–Crippen LogP) is 2.56. The lowest BCUT2D eigenvalue weighted by Crippen LogP contribution is -2.39. The molecule has 1 aliphatic heterocycles. The summed E-state index contributed by atoms with van der Waals surface area (Å²) in [4.78, 5) is 14.2. The van der Waals surface area contributed by atoms with Crippen molar-refractivity contribution in [3.05, 3.63) is 65.2 Å². The van der Waals surface area contributed by atoms with Crippen molar-refractivity contribution in [1.82, 2.24) is 4.90 Å². The Kier molecular flexibility index (Phi) is 4.06. The molecule has 2 aromatic carbocycles. The van der Waals surface area contributed by atoms with Gasteiger partial charge in [0.1, 0.15) is 0 Å².